The predicted molar refractivity (Wildman–Crippen MR) is 73.8 cm³/mol. The number of nitrogens with zero attached hydrogens (tertiary/aromatic N) is 2. The summed E-state index contributed by atoms with van der Waals surface area (Å²) in [4.78, 5) is 8.50. The Hall–Kier alpha value is -0.160. The first-order valence-electron chi connectivity index (χ1n) is 6.23. The van der Waals surface area contributed by atoms with Crippen LogP contribution in [-0.4, -0.2) is 29.0 Å². The molecule has 1 aliphatic heterocycles. The summed E-state index contributed by atoms with van der Waals surface area (Å²) < 4.78 is 0. The zero-order valence-electron chi connectivity index (χ0n) is 9.97. The van der Waals surface area contributed by atoms with Gasteiger partial charge >= 0.3 is 0 Å². The van der Waals surface area contributed by atoms with Crippen molar-refractivity contribution in [3.8, 4) is 0 Å². The smallest absolute Gasteiger partial charge is 0.0798 e. The van der Waals surface area contributed by atoms with E-state index in [-0.39, 0.29) is 12.4 Å². The minimum Gasteiger partial charge on any atom is -0.327 e. The molecule has 1 aromatic rings. The highest BCUT2D eigenvalue weighted by Gasteiger charge is 2.29. The lowest BCUT2D eigenvalue weighted by atomic mass is 10.1. The second-order valence-corrected chi connectivity index (χ2v) is 6.01. The first kappa shape index (κ1) is 13.3. The molecule has 1 aliphatic carbocycles. The van der Waals surface area contributed by atoms with Crippen molar-refractivity contribution in [2.75, 3.05) is 13.1 Å². The number of nitrogens with two attached hydrogens (primary N) is 1. The Labute approximate surface area is 113 Å². The average molecular weight is 274 g/mol. The summed E-state index contributed by atoms with van der Waals surface area (Å²) in [6, 6.07) is 0.381. The number of halogens is 1. The zero-order valence-corrected chi connectivity index (χ0v) is 11.6. The molecule has 1 atom stereocenters. The summed E-state index contributed by atoms with van der Waals surface area (Å²) in [6.07, 6.45) is 5.12. The molecule has 2 aliphatic rings. The van der Waals surface area contributed by atoms with E-state index < -0.39 is 0 Å². The minimum absolute atomic E-state index is 0. The largest absolute Gasteiger partial charge is 0.327 e. The topological polar surface area (TPSA) is 42.1 Å². The van der Waals surface area contributed by atoms with Crippen LogP contribution in [0.2, 0.25) is 0 Å². The van der Waals surface area contributed by atoms with Gasteiger partial charge in [0.25, 0.3) is 0 Å². The van der Waals surface area contributed by atoms with Gasteiger partial charge in [0.05, 0.1) is 11.2 Å². The number of rotatable bonds is 3. The number of likely N-dealkylation sites (tertiary alicyclic amines) is 1. The molecule has 2 heterocycles. The molecule has 3 nitrogen and oxygen atoms in total. The zero-order chi connectivity index (χ0) is 11.0. The summed E-state index contributed by atoms with van der Waals surface area (Å²) in [5.74, 6) is 0.778. The van der Waals surface area contributed by atoms with Crippen LogP contribution < -0.4 is 5.73 Å². The molecular formula is C12H20ClN3S. The van der Waals surface area contributed by atoms with E-state index >= 15 is 0 Å². The quantitative estimate of drug-likeness (QED) is 0.919. The third-order valence-corrected chi connectivity index (χ3v) is 4.38. The Morgan fingerprint density at radius 2 is 2.24 bits per heavy atom. The van der Waals surface area contributed by atoms with Gasteiger partial charge in [0.2, 0.25) is 0 Å². The third-order valence-electron chi connectivity index (χ3n) is 3.55. The van der Waals surface area contributed by atoms with Crippen LogP contribution in [0.1, 0.15) is 42.2 Å². The van der Waals surface area contributed by atoms with E-state index in [0.717, 1.165) is 19.0 Å². The van der Waals surface area contributed by atoms with Crippen LogP contribution in [0.3, 0.4) is 0 Å². The van der Waals surface area contributed by atoms with E-state index in [1.807, 2.05) is 16.8 Å². The second-order valence-electron chi connectivity index (χ2n) is 5.07. The Kier molecular flexibility index (Phi) is 4.42. The van der Waals surface area contributed by atoms with Crippen LogP contribution >= 0.6 is 23.7 Å². The lowest BCUT2D eigenvalue weighted by molar-refractivity contribution is 0.202. The maximum atomic E-state index is 6.01. The van der Waals surface area contributed by atoms with Crippen molar-refractivity contribution in [3.63, 3.8) is 0 Å². The fourth-order valence-corrected chi connectivity index (χ4v) is 3.42. The average Bonchev–Trinajstić information content (AvgIpc) is 3.00. The van der Waals surface area contributed by atoms with Crippen molar-refractivity contribution in [1.82, 2.24) is 9.88 Å². The second kappa shape index (κ2) is 5.65. The molecular weight excluding hydrogens is 254 g/mol. The number of aromatic nitrogens is 1. The van der Waals surface area contributed by atoms with Gasteiger partial charge in [0.1, 0.15) is 0 Å². The van der Waals surface area contributed by atoms with Crippen molar-refractivity contribution in [3.05, 3.63) is 16.1 Å². The SMILES string of the molecule is Cl.N[C@@H]1CCCN(Cc2scnc2C2CC2)C1. The monoisotopic (exact) mass is 273 g/mol. The maximum Gasteiger partial charge on any atom is 0.0798 e. The lowest BCUT2D eigenvalue weighted by Gasteiger charge is -2.30. The van der Waals surface area contributed by atoms with E-state index in [9.17, 15) is 0 Å². The maximum absolute atomic E-state index is 6.01. The van der Waals surface area contributed by atoms with Crippen molar-refractivity contribution in [2.45, 2.75) is 44.2 Å². The van der Waals surface area contributed by atoms with Crippen molar-refractivity contribution >= 4 is 23.7 Å². The molecule has 3 rings (SSSR count). The van der Waals surface area contributed by atoms with Gasteiger partial charge in [-0.3, -0.25) is 4.90 Å². The summed E-state index contributed by atoms with van der Waals surface area (Å²) in [7, 11) is 0. The first-order valence-corrected chi connectivity index (χ1v) is 7.11. The van der Waals surface area contributed by atoms with Crippen molar-refractivity contribution in [2.24, 2.45) is 5.73 Å². The molecule has 1 saturated carbocycles. The fourth-order valence-electron chi connectivity index (χ4n) is 2.53. The molecule has 17 heavy (non-hydrogen) atoms. The molecule has 2 fully saturated rings. The van der Waals surface area contributed by atoms with Crippen LogP contribution in [0.15, 0.2) is 5.51 Å². The van der Waals surface area contributed by atoms with Crippen LogP contribution in [0.4, 0.5) is 0 Å². The van der Waals surface area contributed by atoms with Gasteiger partial charge in [-0.25, -0.2) is 4.98 Å². The van der Waals surface area contributed by atoms with Crippen LogP contribution in [0.25, 0.3) is 0 Å². The molecule has 0 amide bonds. The highest BCUT2D eigenvalue weighted by Crippen LogP contribution is 2.42. The number of piperidine rings is 1. The minimum atomic E-state index is 0. The van der Waals surface area contributed by atoms with Crippen molar-refractivity contribution in [1.29, 1.82) is 0 Å². The van der Waals surface area contributed by atoms with Gasteiger partial charge in [-0.15, -0.1) is 23.7 Å². The van der Waals surface area contributed by atoms with Gasteiger partial charge in [0, 0.05) is 29.9 Å². The molecule has 0 aromatic carbocycles. The normalized spacial score (nSPS) is 25.6. The van der Waals surface area contributed by atoms with Crippen LogP contribution in [0.5, 0.6) is 0 Å². The van der Waals surface area contributed by atoms with E-state index in [0.29, 0.717) is 6.04 Å². The van der Waals surface area contributed by atoms with E-state index in [1.165, 1.54) is 42.8 Å². The number of hydrogen-bond acceptors (Lipinski definition) is 4. The molecule has 0 bridgehead atoms. The van der Waals surface area contributed by atoms with Gasteiger partial charge in [-0.2, -0.15) is 0 Å². The van der Waals surface area contributed by atoms with E-state index in [4.69, 9.17) is 5.73 Å². The Morgan fingerprint density at radius 3 is 2.94 bits per heavy atom. The van der Waals surface area contributed by atoms with Gasteiger partial charge in [0.15, 0.2) is 0 Å². The molecule has 5 heteroatoms. The summed E-state index contributed by atoms with van der Waals surface area (Å²) >= 11 is 1.82. The van der Waals surface area contributed by atoms with E-state index in [2.05, 4.69) is 9.88 Å². The molecule has 96 valence electrons. The summed E-state index contributed by atoms with van der Waals surface area (Å²) in [6.45, 7) is 3.34. The molecule has 1 saturated heterocycles. The van der Waals surface area contributed by atoms with Gasteiger partial charge < -0.3 is 5.73 Å². The third kappa shape index (κ3) is 3.19. The number of thiazole rings is 1. The highest BCUT2D eigenvalue weighted by atomic mass is 35.5. The molecule has 0 unspecified atom stereocenters. The predicted octanol–water partition coefficient (Wildman–Crippen LogP) is 2.37. The lowest BCUT2D eigenvalue weighted by Crippen LogP contribution is -2.42. The number of hydrogen-bond donors (Lipinski definition) is 1. The van der Waals surface area contributed by atoms with Crippen LogP contribution in [0, 0.1) is 0 Å². The first-order chi connectivity index (χ1) is 7.83. The summed E-state index contributed by atoms with van der Waals surface area (Å²) in [5, 5.41) is 0. The Bertz CT molecular complexity index is 364. The Balaban J connectivity index is 0.00000108. The van der Waals surface area contributed by atoms with E-state index in [1.54, 1.807) is 0 Å². The Morgan fingerprint density at radius 1 is 1.41 bits per heavy atom. The molecule has 0 radical (unpaired) electrons. The fraction of sp³-hybridized carbons (Fsp3) is 0.750. The highest BCUT2D eigenvalue weighted by molar-refractivity contribution is 7.09. The van der Waals surface area contributed by atoms with Gasteiger partial charge in [-0.05, 0) is 32.2 Å². The van der Waals surface area contributed by atoms with Crippen molar-refractivity contribution < 1.29 is 0 Å². The standard InChI is InChI=1S/C12H19N3S.ClH/c13-10-2-1-5-15(6-10)7-11-12(9-3-4-9)14-8-16-11;/h8-10H,1-7,13H2;1H/t10-;/m1./s1. The van der Waals surface area contributed by atoms with Crippen LogP contribution in [-0.2, 0) is 6.54 Å². The summed E-state index contributed by atoms with van der Waals surface area (Å²) in [5.41, 5.74) is 9.40. The molecule has 1 aromatic heterocycles. The molecule has 2 N–H and O–H groups in total. The molecule has 0 spiro atoms. The van der Waals surface area contributed by atoms with Gasteiger partial charge in [-0.1, -0.05) is 0 Å².